The summed E-state index contributed by atoms with van der Waals surface area (Å²) in [4.78, 5) is 13.6. The monoisotopic (exact) mass is 498 g/mol. The third-order valence-electron chi connectivity index (χ3n) is 6.06. The lowest BCUT2D eigenvalue weighted by Gasteiger charge is -2.43. The molecule has 8 heteroatoms. The predicted molar refractivity (Wildman–Crippen MR) is 135 cm³/mol. The summed E-state index contributed by atoms with van der Waals surface area (Å²) in [7, 11) is 4.58. The molecule has 0 saturated heterocycles. The second kappa shape index (κ2) is 12.3. The van der Waals surface area contributed by atoms with Gasteiger partial charge in [0.05, 0.1) is 5.41 Å². The second-order valence-electron chi connectivity index (χ2n) is 11.2. The molecule has 1 aromatic carbocycles. The highest BCUT2D eigenvalue weighted by atomic mass is 16.7. The van der Waals surface area contributed by atoms with Gasteiger partial charge in [-0.2, -0.15) is 0 Å². The minimum atomic E-state index is -0.757. The standard InChI is InChI=1S/C27H46O8/c1-17(29-11)32-21-14-20(15-22(33-18(2)30-12)23(21)34-19(3)31-13)35-24(28)27(10,26(7,8)9)16-25(4,5)6/h14-15,17-19H,16H2,1-13H3. The Morgan fingerprint density at radius 1 is 0.743 bits per heavy atom. The van der Waals surface area contributed by atoms with Crippen LogP contribution < -0.4 is 18.9 Å². The smallest absolute Gasteiger partial charge is 0.317 e. The van der Waals surface area contributed by atoms with Gasteiger partial charge in [-0.15, -0.1) is 0 Å². The van der Waals surface area contributed by atoms with Crippen molar-refractivity contribution in [2.75, 3.05) is 21.3 Å². The van der Waals surface area contributed by atoms with Crippen molar-refractivity contribution in [3.8, 4) is 23.0 Å². The van der Waals surface area contributed by atoms with Crippen LogP contribution >= 0.6 is 0 Å². The molecule has 0 aliphatic rings. The third-order valence-corrected chi connectivity index (χ3v) is 6.06. The molecule has 4 atom stereocenters. The van der Waals surface area contributed by atoms with Gasteiger partial charge in [0, 0.05) is 33.5 Å². The Bertz CT molecular complexity index is 790. The molecule has 35 heavy (non-hydrogen) atoms. The highest BCUT2D eigenvalue weighted by molar-refractivity contribution is 5.80. The number of esters is 1. The predicted octanol–water partition coefficient (Wildman–Crippen LogP) is 6.19. The lowest BCUT2D eigenvalue weighted by atomic mass is 9.61. The summed E-state index contributed by atoms with van der Waals surface area (Å²) in [6.07, 6.45) is -1.16. The average Bonchev–Trinajstić information content (AvgIpc) is 2.73. The van der Waals surface area contributed by atoms with Crippen LogP contribution in [0.2, 0.25) is 0 Å². The van der Waals surface area contributed by atoms with Gasteiger partial charge < -0.3 is 33.2 Å². The molecule has 0 spiro atoms. The highest BCUT2D eigenvalue weighted by Gasteiger charge is 2.48. The molecule has 0 aliphatic heterocycles. The first-order valence-electron chi connectivity index (χ1n) is 12.0. The maximum atomic E-state index is 13.6. The molecule has 0 fully saturated rings. The van der Waals surface area contributed by atoms with Crippen LogP contribution in [0.25, 0.3) is 0 Å². The zero-order chi connectivity index (χ0) is 27.2. The normalized spacial score (nSPS) is 16.6. The number of carbonyl (C=O) groups excluding carboxylic acids is 1. The summed E-state index contributed by atoms with van der Waals surface area (Å²) in [6, 6.07) is 3.19. The molecular formula is C27H46O8. The van der Waals surface area contributed by atoms with Crippen molar-refractivity contribution in [1.82, 2.24) is 0 Å². The van der Waals surface area contributed by atoms with Crippen molar-refractivity contribution >= 4 is 5.97 Å². The first kappa shape index (κ1) is 31.0. The van der Waals surface area contributed by atoms with Crippen LogP contribution in [0.3, 0.4) is 0 Å². The van der Waals surface area contributed by atoms with E-state index in [-0.39, 0.29) is 39.8 Å². The second-order valence-corrected chi connectivity index (χ2v) is 11.2. The Morgan fingerprint density at radius 3 is 1.49 bits per heavy atom. The lowest BCUT2D eigenvalue weighted by molar-refractivity contribution is -0.154. The van der Waals surface area contributed by atoms with Crippen molar-refractivity contribution in [1.29, 1.82) is 0 Å². The zero-order valence-electron chi connectivity index (χ0n) is 23.9. The molecule has 0 aliphatic carbocycles. The Balaban J connectivity index is 3.60. The fourth-order valence-electron chi connectivity index (χ4n) is 3.49. The summed E-state index contributed by atoms with van der Waals surface area (Å²) in [5.41, 5.74) is -1.19. The molecular weight excluding hydrogens is 452 g/mol. The summed E-state index contributed by atoms with van der Waals surface area (Å²) in [5, 5.41) is 0. The third kappa shape index (κ3) is 8.85. The fraction of sp³-hybridized carbons (Fsp3) is 0.741. The van der Waals surface area contributed by atoms with Gasteiger partial charge in [0.2, 0.25) is 5.75 Å². The summed E-state index contributed by atoms with van der Waals surface area (Å²) < 4.78 is 39.6. The molecule has 1 rings (SSSR count). The lowest BCUT2D eigenvalue weighted by Crippen LogP contribution is -2.45. The Morgan fingerprint density at radius 2 is 1.14 bits per heavy atom. The Hall–Kier alpha value is -2.03. The van der Waals surface area contributed by atoms with Crippen LogP contribution in [-0.2, 0) is 19.0 Å². The van der Waals surface area contributed by atoms with E-state index in [0.29, 0.717) is 6.42 Å². The van der Waals surface area contributed by atoms with E-state index in [0.717, 1.165) is 0 Å². The van der Waals surface area contributed by atoms with Crippen LogP contribution in [-0.4, -0.2) is 46.2 Å². The molecule has 1 aromatic rings. The number of ether oxygens (including phenoxy) is 7. The summed E-state index contributed by atoms with van der Waals surface area (Å²) >= 11 is 0. The van der Waals surface area contributed by atoms with Crippen molar-refractivity contribution in [2.24, 2.45) is 16.2 Å². The molecule has 8 nitrogen and oxygen atoms in total. The van der Waals surface area contributed by atoms with E-state index in [9.17, 15) is 4.79 Å². The number of carbonyl (C=O) groups is 1. The van der Waals surface area contributed by atoms with Gasteiger partial charge in [0.1, 0.15) is 5.75 Å². The van der Waals surface area contributed by atoms with E-state index in [2.05, 4.69) is 20.8 Å². The molecule has 0 N–H and O–H groups in total. The summed E-state index contributed by atoms with van der Waals surface area (Å²) in [5.74, 6) is 0.754. The number of rotatable bonds is 12. The first-order chi connectivity index (χ1) is 16.0. The quantitative estimate of drug-likeness (QED) is 0.192. The van der Waals surface area contributed by atoms with Gasteiger partial charge >= 0.3 is 5.97 Å². The van der Waals surface area contributed by atoms with Crippen LogP contribution in [0, 0.1) is 16.2 Å². The van der Waals surface area contributed by atoms with E-state index in [1.807, 2.05) is 27.7 Å². The van der Waals surface area contributed by atoms with Gasteiger partial charge in [-0.3, -0.25) is 4.79 Å². The number of methoxy groups -OCH3 is 3. The zero-order valence-corrected chi connectivity index (χ0v) is 23.9. The van der Waals surface area contributed by atoms with Gasteiger partial charge in [-0.05, 0) is 44.9 Å². The van der Waals surface area contributed by atoms with Crippen molar-refractivity contribution < 1.29 is 38.0 Å². The molecule has 0 bridgehead atoms. The van der Waals surface area contributed by atoms with Gasteiger partial charge in [-0.25, -0.2) is 0 Å². The van der Waals surface area contributed by atoms with E-state index >= 15 is 0 Å². The van der Waals surface area contributed by atoms with Gasteiger partial charge in [0.15, 0.2) is 30.4 Å². The molecule has 0 aromatic heterocycles. The summed E-state index contributed by atoms with van der Waals surface area (Å²) in [6.45, 7) is 19.7. The maximum absolute atomic E-state index is 13.6. The first-order valence-corrected chi connectivity index (χ1v) is 12.0. The van der Waals surface area contributed by atoms with Crippen molar-refractivity contribution in [3.05, 3.63) is 12.1 Å². The minimum Gasteiger partial charge on any atom is -0.461 e. The fourth-order valence-corrected chi connectivity index (χ4v) is 3.49. The molecule has 0 amide bonds. The topological polar surface area (TPSA) is 81.7 Å². The minimum absolute atomic E-state index is 0.0840. The number of hydrogen-bond donors (Lipinski definition) is 0. The van der Waals surface area contributed by atoms with Crippen LogP contribution in [0.4, 0.5) is 0 Å². The van der Waals surface area contributed by atoms with E-state index in [4.69, 9.17) is 33.2 Å². The van der Waals surface area contributed by atoms with E-state index in [1.165, 1.54) is 21.3 Å². The molecule has 0 heterocycles. The largest absolute Gasteiger partial charge is 0.461 e. The van der Waals surface area contributed by atoms with Crippen LogP contribution in [0.5, 0.6) is 23.0 Å². The number of hydrogen-bond acceptors (Lipinski definition) is 8. The SMILES string of the molecule is COC(C)Oc1cc(OC(=O)C(C)(CC(C)(C)C)C(C)(C)C)cc(OC(C)OC)c1OC(C)OC. The molecule has 0 radical (unpaired) electrons. The van der Waals surface area contributed by atoms with Gasteiger partial charge in [0.25, 0.3) is 0 Å². The Labute approximate surface area is 211 Å². The molecule has 202 valence electrons. The van der Waals surface area contributed by atoms with Crippen molar-refractivity contribution in [2.45, 2.75) is 94.5 Å². The number of benzene rings is 1. The maximum Gasteiger partial charge on any atom is 0.317 e. The van der Waals surface area contributed by atoms with Gasteiger partial charge in [-0.1, -0.05) is 41.5 Å². The van der Waals surface area contributed by atoms with E-state index in [1.54, 1.807) is 32.9 Å². The molecule has 4 unspecified atom stereocenters. The average molecular weight is 499 g/mol. The Kier molecular flexibility index (Phi) is 10.9. The van der Waals surface area contributed by atoms with E-state index < -0.39 is 24.3 Å². The van der Waals surface area contributed by atoms with Crippen molar-refractivity contribution in [3.63, 3.8) is 0 Å². The molecule has 0 saturated carbocycles. The highest BCUT2D eigenvalue weighted by Crippen LogP contribution is 2.49. The van der Waals surface area contributed by atoms with Crippen LogP contribution in [0.1, 0.15) is 75.7 Å². The van der Waals surface area contributed by atoms with Crippen LogP contribution in [0.15, 0.2) is 12.1 Å².